The van der Waals surface area contributed by atoms with Crippen LogP contribution in [0.4, 0.5) is 9.18 Å². The zero-order chi connectivity index (χ0) is 18.9. The number of carbonyl (C=O) groups is 1. The van der Waals surface area contributed by atoms with E-state index in [4.69, 9.17) is 4.74 Å². The minimum atomic E-state index is -0.616. The number of halogens is 1. The van der Waals surface area contributed by atoms with Crippen LogP contribution in [0.25, 0.3) is 0 Å². The van der Waals surface area contributed by atoms with Crippen LogP contribution in [0.15, 0.2) is 30.3 Å². The van der Waals surface area contributed by atoms with Gasteiger partial charge in [0.05, 0.1) is 6.17 Å². The van der Waals surface area contributed by atoms with Gasteiger partial charge in [-0.15, -0.1) is 0 Å². The predicted octanol–water partition coefficient (Wildman–Crippen LogP) is 6.42. The third kappa shape index (κ3) is 14.5. The molecule has 1 aromatic rings. The van der Waals surface area contributed by atoms with Crippen LogP contribution >= 0.6 is 0 Å². The number of carbonyl (C=O) groups excluding carboxylic acids is 1. The Kier molecular flexibility index (Phi) is 14.9. The molecule has 0 heterocycles. The van der Waals surface area contributed by atoms with Crippen LogP contribution in [0, 0.1) is 0 Å². The molecular formula is C21H36FNO2. The fraction of sp³-hybridized carbons (Fsp3) is 0.667. The van der Waals surface area contributed by atoms with Crippen molar-refractivity contribution in [3.63, 3.8) is 0 Å². The Morgan fingerprint density at radius 2 is 1.68 bits per heavy atom. The Morgan fingerprint density at radius 3 is 2.16 bits per heavy atom. The van der Waals surface area contributed by atoms with Gasteiger partial charge in [-0.25, -0.2) is 9.18 Å². The molecule has 4 heteroatoms. The van der Waals surface area contributed by atoms with Crippen molar-refractivity contribution in [2.75, 3.05) is 0 Å². The largest absolute Gasteiger partial charge is 0.445 e. The van der Waals surface area contributed by atoms with E-state index < -0.39 is 6.17 Å². The lowest BCUT2D eigenvalue weighted by Crippen LogP contribution is -2.36. The lowest BCUT2D eigenvalue weighted by molar-refractivity contribution is 0.133. The molecule has 1 saturated carbocycles. The third-order valence-electron chi connectivity index (χ3n) is 3.70. The summed E-state index contributed by atoms with van der Waals surface area (Å²) in [6, 6.07) is 10.1. The first-order valence-electron chi connectivity index (χ1n) is 9.64. The maximum atomic E-state index is 11.6. The van der Waals surface area contributed by atoms with Gasteiger partial charge in [-0.3, -0.25) is 0 Å². The van der Waals surface area contributed by atoms with Crippen molar-refractivity contribution in [3.05, 3.63) is 35.9 Å². The zero-order valence-corrected chi connectivity index (χ0v) is 16.4. The Balaban J connectivity index is 0.000000610. The van der Waals surface area contributed by atoms with Crippen LogP contribution in [0.1, 0.15) is 78.2 Å². The molecule has 2 rings (SSSR count). The molecule has 0 radical (unpaired) electrons. The second-order valence-corrected chi connectivity index (χ2v) is 6.44. The van der Waals surface area contributed by atoms with E-state index in [2.05, 4.69) is 19.2 Å². The van der Waals surface area contributed by atoms with E-state index in [1.807, 2.05) is 37.3 Å². The van der Waals surface area contributed by atoms with Gasteiger partial charge in [0.25, 0.3) is 0 Å². The molecule has 1 unspecified atom stereocenters. The SMILES string of the molecule is CCC.CCC(C)F.O=C(NC1CCCCC1)OCc1ccccc1. The maximum absolute atomic E-state index is 11.6. The highest BCUT2D eigenvalue weighted by molar-refractivity contribution is 5.67. The molecule has 1 amide bonds. The van der Waals surface area contributed by atoms with Crippen molar-refractivity contribution in [2.24, 2.45) is 0 Å². The Bertz CT molecular complexity index is 417. The van der Waals surface area contributed by atoms with Gasteiger partial charge < -0.3 is 10.1 Å². The van der Waals surface area contributed by atoms with Gasteiger partial charge in [0.15, 0.2) is 0 Å². The summed E-state index contributed by atoms with van der Waals surface area (Å²) < 4.78 is 16.6. The Labute approximate surface area is 153 Å². The van der Waals surface area contributed by atoms with Gasteiger partial charge in [0.2, 0.25) is 0 Å². The molecule has 0 saturated heterocycles. The highest BCUT2D eigenvalue weighted by Gasteiger charge is 2.16. The number of ether oxygens (including phenoxy) is 1. The summed E-state index contributed by atoms with van der Waals surface area (Å²) in [6.07, 6.45) is 6.86. The third-order valence-corrected chi connectivity index (χ3v) is 3.70. The molecule has 0 bridgehead atoms. The summed E-state index contributed by atoms with van der Waals surface area (Å²) in [7, 11) is 0. The Morgan fingerprint density at radius 1 is 1.16 bits per heavy atom. The van der Waals surface area contributed by atoms with Crippen molar-refractivity contribution in [1.82, 2.24) is 5.32 Å². The number of benzene rings is 1. The van der Waals surface area contributed by atoms with Gasteiger partial charge in [-0.1, -0.05) is 76.8 Å². The number of amides is 1. The number of alkyl halides is 1. The van der Waals surface area contributed by atoms with Gasteiger partial charge in [-0.05, 0) is 31.7 Å². The molecule has 1 N–H and O–H groups in total. The number of nitrogens with one attached hydrogen (secondary N) is 1. The molecule has 0 aliphatic heterocycles. The standard InChI is InChI=1S/C14H19NO2.C4H9F.C3H8/c16-14(15-13-9-5-2-6-10-13)17-11-12-7-3-1-4-8-12;1-3-4(2)5;1-3-2/h1,3-4,7-8,13H,2,5-6,9-11H2,(H,15,16);4H,3H2,1-2H3;3H2,1-2H3. The number of hydrogen-bond acceptors (Lipinski definition) is 2. The molecule has 1 aliphatic carbocycles. The normalized spacial score (nSPS) is 14.9. The van der Waals surface area contributed by atoms with E-state index in [1.165, 1.54) is 25.7 Å². The minimum Gasteiger partial charge on any atom is -0.445 e. The molecule has 25 heavy (non-hydrogen) atoms. The second-order valence-electron chi connectivity index (χ2n) is 6.44. The first kappa shape index (κ1) is 23.4. The van der Waals surface area contributed by atoms with Crippen LogP contribution in [0.5, 0.6) is 0 Å². The monoisotopic (exact) mass is 353 g/mol. The molecular weight excluding hydrogens is 317 g/mol. The summed E-state index contributed by atoms with van der Waals surface area (Å²) in [6.45, 7) is 7.98. The van der Waals surface area contributed by atoms with E-state index in [9.17, 15) is 9.18 Å². The van der Waals surface area contributed by atoms with Crippen LogP contribution in [0.3, 0.4) is 0 Å². The average molecular weight is 354 g/mol. The van der Waals surface area contributed by atoms with Gasteiger partial charge in [-0.2, -0.15) is 0 Å². The summed E-state index contributed by atoms with van der Waals surface area (Å²) in [5.74, 6) is 0. The predicted molar refractivity (Wildman–Crippen MR) is 103 cm³/mol. The first-order valence-corrected chi connectivity index (χ1v) is 9.64. The molecule has 1 aliphatic rings. The zero-order valence-electron chi connectivity index (χ0n) is 16.4. The van der Waals surface area contributed by atoms with E-state index >= 15 is 0 Å². The topological polar surface area (TPSA) is 38.3 Å². The lowest BCUT2D eigenvalue weighted by Gasteiger charge is -2.22. The van der Waals surface area contributed by atoms with Crippen molar-refractivity contribution < 1.29 is 13.9 Å². The van der Waals surface area contributed by atoms with E-state index in [-0.39, 0.29) is 6.09 Å². The quantitative estimate of drug-likeness (QED) is 0.678. The number of alkyl carbamates (subject to hydrolysis) is 1. The molecule has 0 spiro atoms. The second kappa shape index (κ2) is 15.9. The van der Waals surface area contributed by atoms with Gasteiger partial charge in [0, 0.05) is 6.04 Å². The van der Waals surface area contributed by atoms with Crippen LogP contribution < -0.4 is 5.32 Å². The summed E-state index contributed by atoms with van der Waals surface area (Å²) >= 11 is 0. The molecule has 1 atom stereocenters. The summed E-state index contributed by atoms with van der Waals surface area (Å²) in [5, 5.41) is 2.93. The van der Waals surface area contributed by atoms with Crippen molar-refractivity contribution in [1.29, 1.82) is 0 Å². The average Bonchev–Trinajstić information content (AvgIpc) is 2.63. The first-order chi connectivity index (χ1) is 12.0. The van der Waals surface area contributed by atoms with Gasteiger partial charge in [0.1, 0.15) is 6.61 Å². The van der Waals surface area contributed by atoms with E-state index in [0.717, 1.165) is 18.4 Å². The smallest absolute Gasteiger partial charge is 0.407 e. The van der Waals surface area contributed by atoms with Gasteiger partial charge >= 0.3 is 6.09 Å². The molecule has 3 nitrogen and oxygen atoms in total. The highest BCUT2D eigenvalue weighted by Crippen LogP contribution is 2.17. The fourth-order valence-electron chi connectivity index (χ4n) is 2.18. The molecule has 1 aromatic carbocycles. The number of rotatable bonds is 4. The summed E-state index contributed by atoms with van der Waals surface area (Å²) in [4.78, 5) is 11.6. The molecule has 144 valence electrons. The lowest BCUT2D eigenvalue weighted by atomic mass is 9.96. The number of hydrogen-bond donors (Lipinski definition) is 1. The molecule has 1 fully saturated rings. The van der Waals surface area contributed by atoms with Crippen molar-refractivity contribution >= 4 is 6.09 Å². The maximum Gasteiger partial charge on any atom is 0.407 e. The van der Waals surface area contributed by atoms with E-state index in [1.54, 1.807) is 6.92 Å². The highest BCUT2D eigenvalue weighted by atomic mass is 19.1. The summed E-state index contributed by atoms with van der Waals surface area (Å²) in [5.41, 5.74) is 1.02. The Hall–Kier alpha value is -1.58. The van der Waals surface area contributed by atoms with Crippen LogP contribution in [-0.4, -0.2) is 18.3 Å². The van der Waals surface area contributed by atoms with Crippen molar-refractivity contribution in [2.45, 2.75) is 91.5 Å². The van der Waals surface area contributed by atoms with E-state index in [0.29, 0.717) is 19.1 Å². The van der Waals surface area contributed by atoms with Crippen LogP contribution in [0.2, 0.25) is 0 Å². The molecule has 0 aromatic heterocycles. The minimum absolute atomic E-state index is 0.291. The van der Waals surface area contributed by atoms with Crippen LogP contribution in [-0.2, 0) is 11.3 Å². The van der Waals surface area contributed by atoms with Crippen molar-refractivity contribution in [3.8, 4) is 0 Å². The fourth-order valence-corrected chi connectivity index (χ4v) is 2.18.